The molecule has 0 atom stereocenters. The number of carbonyl (C=O) groups is 2. The zero-order valence-electron chi connectivity index (χ0n) is 17.3. The molecule has 2 amide bonds. The number of piperazine rings is 1. The molecule has 1 fully saturated rings. The Bertz CT molecular complexity index is 898. The van der Waals surface area contributed by atoms with Crippen LogP contribution in [0, 0.1) is 12.7 Å². The van der Waals surface area contributed by atoms with Gasteiger partial charge in [-0.25, -0.2) is 4.39 Å². The maximum atomic E-state index is 13.2. The molecule has 0 bridgehead atoms. The van der Waals surface area contributed by atoms with Crippen LogP contribution < -0.4 is 15.4 Å². The number of aryl methyl sites for hydroxylation is 1. The van der Waals surface area contributed by atoms with Gasteiger partial charge in [-0.2, -0.15) is 0 Å². The van der Waals surface area contributed by atoms with Gasteiger partial charge in [0.05, 0.1) is 25.9 Å². The van der Waals surface area contributed by atoms with Crippen LogP contribution in [0.1, 0.15) is 5.56 Å². The molecule has 1 aliphatic rings. The fourth-order valence-corrected chi connectivity index (χ4v) is 3.39. The smallest absolute Gasteiger partial charge is 0.238 e. The monoisotopic (exact) mass is 414 g/mol. The zero-order valence-corrected chi connectivity index (χ0v) is 17.3. The quantitative estimate of drug-likeness (QED) is 0.728. The number of methoxy groups -OCH3 is 1. The summed E-state index contributed by atoms with van der Waals surface area (Å²) in [4.78, 5) is 28.7. The number of halogens is 1. The zero-order chi connectivity index (χ0) is 21.5. The van der Waals surface area contributed by atoms with Crippen molar-refractivity contribution in [1.82, 2.24) is 9.80 Å². The Balaban J connectivity index is 1.42. The lowest BCUT2D eigenvalue weighted by Gasteiger charge is -2.33. The number of amides is 2. The minimum absolute atomic E-state index is 0.101. The fourth-order valence-electron chi connectivity index (χ4n) is 3.39. The second-order valence-electron chi connectivity index (χ2n) is 7.36. The number of carbonyl (C=O) groups excluding carboxylic acids is 2. The summed E-state index contributed by atoms with van der Waals surface area (Å²) in [6, 6.07) is 11.5. The Morgan fingerprint density at radius 1 is 0.967 bits per heavy atom. The minimum Gasteiger partial charge on any atom is -0.495 e. The van der Waals surface area contributed by atoms with E-state index in [1.165, 1.54) is 12.1 Å². The molecule has 2 aromatic carbocycles. The van der Waals surface area contributed by atoms with Gasteiger partial charge in [0.25, 0.3) is 0 Å². The van der Waals surface area contributed by atoms with E-state index in [1.807, 2.05) is 30.0 Å². The van der Waals surface area contributed by atoms with E-state index in [0.29, 0.717) is 43.3 Å². The molecule has 0 saturated carbocycles. The van der Waals surface area contributed by atoms with Crippen molar-refractivity contribution in [1.29, 1.82) is 0 Å². The maximum absolute atomic E-state index is 13.2. The number of anilines is 2. The molecule has 0 aliphatic carbocycles. The predicted octanol–water partition coefficient (Wildman–Crippen LogP) is 2.34. The highest BCUT2D eigenvalue weighted by atomic mass is 19.1. The van der Waals surface area contributed by atoms with Crippen molar-refractivity contribution in [3.63, 3.8) is 0 Å². The number of nitrogens with one attached hydrogen (secondary N) is 2. The highest BCUT2D eigenvalue weighted by Crippen LogP contribution is 2.25. The highest BCUT2D eigenvalue weighted by Gasteiger charge is 2.21. The van der Waals surface area contributed by atoms with Gasteiger partial charge in [0, 0.05) is 31.9 Å². The highest BCUT2D eigenvalue weighted by molar-refractivity contribution is 5.94. The number of hydrogen-bond acceptors (Lipinski definition) is 5. The number of rotatable bonds is 7. The molecule has 2 N–H and O–H groups in total. The Kier molecular flexibility index (Phi) is 7.37. The van der Waals surface area contributed by atoms with Gasteiger partial charge < -0.3 is 15.4 Å². The van der Waals surface area contributed by atoms with E-state index < -0.39 is 0 Å². The minimum atomic E-state index is -0.386. The third kappa shape index (κ3) is 6.27. The van der Waals surface area contributed by atoms with Gasteiger partial charge in [0.1, 0.15) is 11.6 Å². The molecule has 30 heavy (non-hydrogen) atoms. The molecule has 160 valence electrons. The van der Waals surface area contributed by atoms with Gasteiger partial charge in [0.2, 0.25) is 11.8 Å². The number of nitrogens with zero attached hydrogens (tertiary/aromatic N) is 2. The van der Waals surface area contributed by atoms with Crippen molar-refractivity contribution in [3.8, 4) is 5.75 Å². The standard InChI is InChI=1S/C22H27FN4O3/c1-16-6-7-20(30-2)19(12-16)25-22(29)15-27-10-8-26(9-11-27)14-21(28)24-18-5-3-4-17(23)13-18/h3-7,12-13H,8-11,14-15H2,1-2H3,(H,24,28)(H,25,29). The van der Waals surface area contributed by atoms with E-state index in [4.69, 9.17) is 4.74 Å². The Hall–Kier alpha value is -2.97. The molecule has 1 heterocycles. The molecule has 1 aliphatic heterocycles. The van der Waals surface area contributed by atoms with Crippen molar-refractivity contribution in [3.05, 3.63) is 53.8 Å². The average Bonchev–Trinajstić information content (AvgIpc) is 2.69. The summed E-state index contributed by atoms with van der Waals surface area (Å²) in [5.74, 6) is -0.0411. The van der Waals surface area contributed by atoms with Crippen molar-refractivity contribution >= 4 is 23.2 Å². The normalized spacial score (nSPS) is 14.9. The molecule has 7 nitrogen and oxygen atoms in total. The van der Waals surface area contributed by atoms with Crippen molar-refractivity contribution in [2.75, 3.05) is 57.0 Å². The maximum Gasteiger partial charge on any atom is 0.238 e. The third-order valence-electron chi connectivity index (χ3n) is 4.94. The van der Waals surface area contributed by atoms with Crippen LogP contribution in [-0.4, -0.2) is 68.0 Å². The molecule has 1 saturated heterocycles. The van der Waals surface area contributed by atoms with Gasteiger partial charge in [-0.1, -0.05) is 12.1 Å². The first-order valence-electron chi connectivity index (χ1n) is 9.87. The molecular weight excluding hydrogens is 387 g/mol. The fraction of sp³-hybridized carbons (Fsp3) is 0.364. The Labute approximate surface area is 175 Å². The number of benzene rings is 2. The lowest BCUT2D eigenvalue weighted by Crippen LogP contribution is -2.50. The first kappa shape index (κ1) is 21.7. The molecule has 2 aromatic rings. The van der Waals surface area contributed by atoms with Crippen LogP contribution in [0.5, 0.6) is 5.75 Å². The largest absolute Gasteiger partial charge is 0.495 e. The Morgan fingerprint density at radius 2 is 1.60 bits per heavy atom. The van der Waals surface area contributed by atoms with Crippen LogP contribution in [-0.2, 0) is 9.59 Å². The van der Waals surface area contributed by atoms with Crippen LogP contribution in [0.2, 0.25) is 0 Å². The molecule has 0 spiro atoms. The Morgan fingerprint density at radius 3 is 2.20 bits per heavy atom. The van der Waals surface area contributed by atoms with Gasteiger partial charge in [-0.3, -0.25) is 19.4 Å². The summed E-state index contributed by atoms with van der Waals surface area (Å²) in [6.45, 7) is 5.20. The van der Waals surface area contributed by atoms with E-state index in [-0.39, 0.29) is 30.7 Å². The van der Waals surface area contributed by atoms with E-state index in [2.05, 4.69) is 15.5 Å². The van der Waals surface area contributed by atoms with E-state index in [1.54, 1.807) is 19.2 Å². The van der Waals surface area contributed by atoms with Crippen LogP contribution >= 0.6 is 0 Å². The van der Waals surface area contributed by atoms with E-state index in [9.17, 15) is 14.0 Å². The van der Waals surface area contributed by atoms with Gasteiger partial charge in [-0.15, -0.1) is 0 Å². The number of hydrogen-bond donors (Lipinski definition) is 2. The lowest BCUT2D eigenvalue weighted by molar-refractivity contribution is -0.120. The molecule has 0 radical (unpaired) electrons. The summed E-state index contributed by atoms with van der Waals surface area (Å²) in [5.41, 5.74) is 2.15. The van der Waals surface area contributed by atoms with Crippen LogP contribution in [0.25, 0.3) is 0 Å². The van der Waals surface area contributed by atoms with E-state index >= 15 is 0 Å². The first-order chi connectivity index (χ1) is 14.4. The lowest BCUT2D eigenvalue weighted by atomic mass is 10.2. The van der Waals surface area contributed by atoms with E-state index in [0.717, 1.165) is 5.56 Å². The molecule has 0 unspecified atom stereocenters. The van der Waals surface area contributed by atoms with Gasteiger partial charge in [-0.05, 0) is 42.8 Å². The SMILES string of the molecule is COc1ccc(C)cc1NC(=O)CN1CCN(CC(=O)Nc2cccc(F)c2)CC1. The van der Waals surface area contributed by atoms with Gasteiger partial charge in [0.15, 0.2) is 0 Å². The number of ether oxygens (including phenoxy) is 1. The molecular formula is C22H27FN4O3. The second-order valence-corrected chi connectivity index (χ2v) is 7.36. The van der Waals surface area contributed by atoms with Gasteiger partial charge >= 0.3 is 0 Å². The first-order valence-corrected chi connectivity index (χ1v) is 9.87. The summed E-state index contributed by atoms with van der Waals surface area (Å²) in [7, 11) is 1.57. The van der Waals surface area contributed by atoms with Crippen LogP contribution in [0.15, 0.2) is 42.5 Å². The van der Waals surface area contributed by atoms with Crippen molar-refractivity contribution < 1.29 is 18.7 Å². The topological polar surface area (TPSA) is 73.9 Å². The third-order valence-corrected chi connectivity index (χ3v) is 4.94. The predicted molar refractivity (Wildman–Crippen MR) is 114 cm³/mol. The van der Waals surface area contributed by atoms with Crippen LogP contribution in [0.3, 0.4) is 0 Å². The second kappa shape index (κ2) is 10.2. The summed E-state index contributed by atoms with van der Waals surface area (Å²) < 4.78 is 18.5. The van der Waals surface area contributed by atoms with Crippen molar-refractivity contribution in [2.24, 2.45) is 0 Å². The molecule has 0 aromatic heterocycles. The molecule has 3 rings (SSSR count). The van der Waals surface area contributed by atoms with Crippen molar-refractivity contribution in [2.45, 2.75) is 6.92 Å². The summed E-state index contributed by atoms with van der Waals surface area (Å²) in [5, 5.41) is 5.62. The molecule has 8 heteroatoms. The average molecular weight is 414 g/mol. The summed E-state index contributed by atoms with van der Waals surface area (Å²) in [6.07, 6.45) is 0. The summed E-state index contributed by atoms with van der Waals surface area (Å²) >= 11 is 0. The van der Waals surface area contributed by atoms with Crippen LogP contribution in [0.4, 0.5) is 15.8 Å².